The normalized spacial score (nSPS) is 13.7. The molecule has 1 aromatic carbocycles. The third kappa shape index (κ3) is 5.55. The molecular formula is C16H29CaO3P. The third-order valence-electron chi connectivity index (χ3n) is 3.24. The van der Waals surface area contributed by atoms with Crippen LogP contribution >= 0.6 is 8.03 Å². The summed E-state index contributed by atoms with van der Waals surface area (Å²) in [5, 5.41) is 11.2. The zero-order valence-electron chi connectivity index (χ0n) is 13.6. The minimum absolute atomic E-state index is 0. The number of hydrogen-bond acceptors (Lipinski definition) is 3. The van der Waals surface area contributed by atoms with E-state index in [1.165, 1.54) is 0 Å². The van der Waals surface area contributed by atoms with E-state index in [4.69, 9.17) is 4.52 Å². The molecule has 0 aliphatic heterocycles. The van der Waals surface area contributed by atoms with E-state index < -0.39 is 8.03 Å². The second kappa shape index (κ2) is 7.84. The molecule has 0 amide bonds. The Labute approximate surface area is 159 Å². The van der Waals surface area contributed by atoms with Gasteiger partial charge in [-0.15, -0.1) is 0 Å². The monoisotopic (exact) mass is 340 g/mol. The number of phenols is 1. The van der Waals surface area contributed by atoms with Gasteiger partial charge in [0.1, 0.15) is 5.75 Å². The van der Waals surface area contributed by atoms with Crippen LogP contribution in [0.5, 0.6) is 5.75 Å². The van der Waals surface area contributed by atoms with Crippen LogP contribution in [0.1, 0.15) is 59.6 Å². The van der Waals surface area contributed by atoms with Crippen LogP contribution in [0.25, 0.3) is 0 Å². The summed E-state index contributed by atoms with van der Waals surface area (Å²) in [4.78, 5) is 0. The second-order valence-corrected chi connectivity index (χ2v) is 8.58. The van der Waals surface area contributed by atoms with E-state index >= 15 is 0 Å². The summed E-state index contributed by atoms with van der Waals surface area (Å²) in [6, 6.07) is 3.64. The van der Waals surface area contributed by atoms with Crippen LogP contribution in [0.3, 0.4) is 0 Å². The first-order valence-corrected chi connectivity index (χ1v) is 8.35. The molecule has 0 fully saturated rings. The molecule has 0 aromatic heterocycles. The minimum atomic E-state index is -2.26. The summed E-state index contributed by atoms with van der Waals surface area (Å²) in [6.07, 6.45) is 0. The summed E-state index contributed by atoms with van der Waals surface area (Å²) < 4.78 is 17.5. The first kappa shape index (κ1) is 21.5. The van der Waals surface area contributed by atoms with Gasteiger partial charge in [-0.3, -0.25) is 4.57 Å². The van der Waals surface area contributed by atoms with E-state index in [1.54, 1.807) is 0 Å². The fourth-order valence-corrected chi connectivity index (χ4v) is 3.06. The molecule has 1 N–H and O–H groups in total. The fraction of sp³-hybridized carbons (Fsp3) is 0.625. The quantitative estimate of drug-likeness (QED) is 0.679. The predicted octanol–water partition coefficient (Wildman–Crippen LogP) is 3.21. The molecule has 0 saturated carbocycles. The van der Waals surface area contributed by atoms with Gasteiger partial charge in [0, 0.05) is 16.4 Å². The van der Waals surface area contributed by atoms with Gasteiger partial charge in [-0.1, -0.05) is 41.5 Å². The van der Waals surface area contributed by atoms with Gasteiger partial charge in [0.2, 0.25) is 8.03 Å². The van der Waals surface area contributed by atoms with Crippen LogP contribution in [0.2, 0.25) is 0 Å². The number of phenolic OH excluding ortho intramolecular Hbond substituents is 1. The Morgan fingerprint density at radius 2 is 1.43 bits per heavy atom. The number of rotatable bonds is 3. The Bertz CT molecular complexity index is 478. The molecule has 0 radical (unpaired) electrons. The van der Waals surface area contributed by atoms with Crippen molar-refractivity contribution in [3.05, 3.63) is 23.3 Å². The van der Waals surface area contributed by atoms with Crippen molar-refractivity contribution < 1.29 is 14.2 Å². The number of benzene rings is 1. The van der Waals surface area contributed by atoms with Crippen molar-refractivity contribution in [1.82, 2.24) is 0 Å². The summed E-state index contributed by atoms with van der Waals surface area (Å²) in [6.45, 7) is 14.5. The van der Waals surface area contributed by atoms with Gasteiger partial charge in [-0.05, 0) is 29.9 Å². The molecule has 0 bridgehead atoms. The van der Waals surface area contributed by atoms with E-state index in [2.05, 4.69) is 0 Å². The molecular weight excluding hydrogens is 311 g/mol. The van der Waals surface area contributed by atoms with Crippen molar-refractivity contribution in [2.45, 2.75) is 59.3 Å². The molecule has 1 aromatic rings. The van der Waals surface area contributed by atoms with Gasteiger partial charge in [-0.25, -0.2) is 0 Å². The maximum absolute atomic E-state index is 12.2. The van der Waals surface area contributed by atoms with Gasteiger partial charge >= 0.3 is 37.7 Å². The molecule has 3 nitrogen and oxygen atoms in total. The molecule has 0 spiro atoms. The summed E-state index contributed by atoms with van der Waals surface area (Å²) in [7, 11) is -2.26. The van der Waals surface area contributed by atoms with Crippen LogP contribution in [0.4, 0.5) is 0 Å². The van der Waals surface area contributed by atoms with Crippen LogP contribution < -0.4 is 5.30 Å². The first-order valence-electron chi connectivity index (χ1n) is 7.03. The van der Waals surface area contributed by atoms with E-state index in [9.17, 15) is 9.67 Å². The van der Waals surface area contributed by atoms with Crippen LogP contribution in [0, 0.1) is 0 Å². The Hall–Kier alpha value is 0.470. The number of aromatic hydroxyl groups is 1. The SMILES string of the molecule is CCO[PH](=O)c1cc(C(C)(C)C)c(O)c(C(C)(C)C)c1.[CaH2]. The molecule has 0 heterocycles. The zero-order valence-corrected chi connectivity index (χ0v) is 14.6. The van der Waals surface area contributed by atoms with E-state index in [0.717, 1.165) is 11.1 Å². The number of hydrogen-bond donors (Lipinski definition) is 1. The van der Waals surface area contributed by atoms with Crippen LogP contribution in [0.15, 0.2) is 12.1 Å². The Balaban J connectivity index is 0.00000400. The average molecular weight is 340 g/mol. The standard InChI is InChI=1S/C16H27O3P.Ca.2H/c1-8-19-20(18)11-9-12(15(2,3)4)14(17)13(10-11)16(5,6)7;;;/h9-10,17,20H,8H2,1-7H3;;;. The van der Waals surface area contributed by atoms with Gasteiger partial charge < -0.3 is 9.63 Å². The molecule has 1 unspecified atom stereocenters. The van der Waals surface area contributed by atoms with Gasteiger partial charge in [0.25, 0.3) is 0 Å². The second-order valence-electron chi connectivity index (χ2n) is 7.14. The summed E-state index contributed by atoms with van der Waals surface area (Å²) in [5.74, 6) is 0.306. The molecule has 1 rings (SSSR count). The molecule has 0 aliphatic carbocycles. The van der Waals surface area contributed by atoms with Gasteiger partial charge in [-0.2, -0.15) is 0 Å². The molecule has 1 atom stereocenters. The van der Waals surface area contributed by atoms with E-state index in [1.807, 2.05) is 60.6 Å². The summed E-state index contributed by atoms with van der Waals surface area (Å²) in [5.41, 5.74) is 1.21. The van der Waals surface area contributed by atoms with Crippen molar-refractivity contribution in [3.8, 4) is 5.75 Å². The maximum atomic E-state index is 12.2. The zero-order chi connectivity index (χ0) is 15.7. The van der Waals surface area contributed by atoms with Crippen molar-refractivity contribution in [2.75, 3.05) is 6.61 Å². The Kier molecular flexibility index (Phi) is 8.01. The van der Waals surface area contributed by atoms with Gasteiger partial charge in [0.15, 0.2) is 0 Å². The molecule has 118 valence electrons. The molecule has 5 heteroatoms. The Morgan fingerprint density at radius 1 is 1.05 bits per heavy atom. The summed E-state index contributed by atoms with van der Waals surface area (Å²) >= 11 is 0. The average Bonchev–Trinajstić information content (AvgIpc) is 2.26. The van der Waals surface area contributed by atoms with Crippen molar-refractivity contribution in [1.29, 1.82) is 0 Å². The van der Waals surface area contributed by atoms with E-state index in [0.29, 0.717) is 17.7 Å². The van der Waals surface area contributed by atoms with Crippen molar-refractivity contribution in [3.63, 3.8) is 0 Å². The topological polar surface area (TPSA) is 46.5 Å². The van der Waals surface area contributed by atoms with Crippen molar-refractivity contribution >= 4 is 51.1 Å². The molecule has 0 aliphatic rings. The Morgan fingerprint density at radius 3 is 1.71 bits per heavy atom. The van der Waals surface area contributed by atoms with Crippen LogP contribution in [-0.4, -0.2) is 49.5 Å². The third-order valence-corrected chi connectivity index (χ3v) is 4.55. The predicted molar refractivity (Wildman–Crippen MR) is 94.3 cm³/mol. The van der Waals surface area contributed by atoms with Gasteiger partial charge in [0.05, 0.1) is 6.61 Å². The van der Waals surface area contributed by atoms with E-state index in [-0.39, 0.29) is 48.6 Å². The van der Waals surface area contributed by atoms with Crippen LogP contribution in [-0.2, 0) is 19.9 Å². The molecule has 21 heavy (non-hydrogen) atoms. The molecule has 0 saturated heterocycles. The van der Waals surface area contributed by atoms with Crippen molar-refractivity contribution in [2.24, 2.45) is 0 Å². The fourth-order valence-electron chi connectivity index (χ4n) is 2.11. The first-order chi connectivity index (χ1) is 8.98.